The number of allylic oxidation sites excluding steroid dienone is 1. The average Bonchev–Trinajstić information content (AvgIpc) is 3.07. The number of nitrogens with zero attached hydrogens (tertiary/aromatic N) is 2. The Labute approximate surface area is 113 Å². The lowest BCUT2D eigenvalue weighted by atomic mass is 9.98. The van der Waals surface area contributed by atoms with Crippen LogP contribution in [0.1, 0.15) is 26.7 Å². The van der Waals surface area contributed by atoms with Crippen LogP contribution < -0.4 is 5.32 Å². The van der Waals surface area contributed by atoms with Crippen molar-refractivity contribution < 1.29 is 9.72 Å². The van der Waals surface area contributed by atoms with Gasteiger partial charge in [0, 0.05) is 17.7 Å². The minimum Gasteiger partial charge on any atom is -0.325 e. The number of amides is 1. The molecular formula is C11H14BrN3O3. The molecule has 2 unspecified atom stereocenters. The first kappa shape index (κ1) is 13.2. The number of alkyl halides is 1. The second-order valence-corrected chi connectivity index (χ2v) is 6.45. The van der Waals surface area contributed by atoms with Gasteiger partial charge in [-0.15, -0.1) is 0 Å². The summed E-state index contributed by atoms with van der Waals surface area (Å²) in [7, 11) is 0. The summed E-state index contributed by atoms with van der Waals surface area (Å²) in [6, 6.07) is 0. The van der Waals surface area contributed by atoms with E-state index in [4.69, 9.17) is 0 Å². The highest BCUT2D eigenvalue weighted by molar-refractivity contribution is 9.10. The molecule has 0 spiro atoms. The summed E-state index contributed by atoms with van der Waals surface area (Å²) in [5, 5.41) is 13.8. The molecule has 0 aromatic heterocycles. The Morgan fingerprint density at radius 1 is 1.67 bits per heavy atom. The van der Waals surface area contributed by atoms with Gasteiger partial charge in [-0.2, -0.15) is 0 Å². The molecular weight excluding hydrogens is 302 g/mol. The number of carbonyl (C=O) groups excluding carboxylic acids is 1. The zero-order valence-corrected chi connectivity index (χ0v) is 11.7. The van der Waals surface area contributed by atoms with Crippen molar-refractivity contribution in [3.05, 3.63) is 21.4 Å². The summed E-state index contributed by atoms with van der Waals surface area (Å²) in [5.41, 5.74) is 0.509. The van der Waals surface area contributed by atoms with E-state index >= 15 is 0 Å². The second kappa shape index (κ2) is 4.46. The lowest BCUT2D eigenvalue weighted by molar-refractivity contribution is -0.431. The van der Waals surface area contributed by atoms with Crippen molar-refractivity contribution in [2.45, 2.75) is 37.2 Å². The van der Waals surface area contributed by atoms with Crippen molar-refractivity contribution in [1.29, 1.82) is 0 Å². The molecule has 1 aliphatic heterocycles. The van der Waals surface area contributed by atoms with Crippen LogP contribution in [0.3, 0.4) is 0 Å². The molecule has 7 heteroatoms. The molecule has 2 aliphatic rings. The van der Waals surface area contributed by atoms with E-state index in [2.05, 4.69) is 26.2 Å². The van der Waals surface area contributed by atoms with Crippen LogP contribution >= 0.6 is 15.9 Å². The van der Waals surface area contributed by atoms with Gasteiger partial charge in [0.25, 0.3) is 5.70 Å². The smallest absolute Gasteiger partial charge is 0.291 e. The Kier molecular flexibility index (Phi) is 3.27. The zero-order chi connectivity index (χ0) is 13.5. The molecule has 0 radical (unpaired) electrons. The number of halogens is 1. The number of carbonyl (C=O) groups is 1. The van der Waals surface area contributed by atoms with E-state index in [1.165, 1.54) is 0 Å². The van der Waals surface area contributed by atoms with E-state index < -0.39 is 15.4 Å². The summed E-state index contributed by atoms with van der Waals surface area (Å²) in [6.45, 7) is 3.46. The number of nitrogens with one attached hydrogen (secondary N) is 1. The van der Waals surface area contributed by atoms with Crippen LogP contribution in [0, 0.1) is 16.0 Å². The lowest BCUT2D eigenvalue weighted by Gasteiger charge is -2.26. The summed E-state index contributed by atoms with van der Waals surface area (Å²) in [6.07, 6.45) is 2.43. The molecule has 0 saturated heterocycles. The molecule has 2 atom stereocenters. The van der Waals surface area contributed by atoms with E-state index in [0.29, 0.717) is 5.57 Å². The predicted molar refractivity (Wildman–Crippen MR) is 70.2 cm³/mol. The first-order chi connectivity index (χ1) is 8.33. The standard InChI is InChI=1S/C11H14BrN3O3/c1-6-8(15(17)18)9(13-5-11(6,2)12)14-10(16)7-3-4-7/h5,7,9H,3-4H2,1-2H3,(H,14,16). The van der Waals surface area contributed by atoms with Gasteiger partial charge in [0.05, 0.1) is 9.25 Å². The molecule has 1 aliphatic carbocycles. The molecule has 0 aromatic carbocycles. The van der Waals surface area contributed by atoms with Gasteiger partial charge in [0.1, 0.15) is 0 Å². The third-order valence-electron chi connectivity index (χ3n) is 3.27. The normalized spacial score (nSPS) is 31.4. The predicted octanol–water partition coefficient (Wildman–Crippen LogP) is 1.63. The van der Waals surface area contributed by atoms with E-state index in [9.17, 15) is 14.9 Å². The highest BCUT2D eigenvalue weighted by atomic mass is 79.9. The van der Waals surface area contributed by atoms with Crippen LogP contribution in [0.15, 0.2) is 16.3 Å². The minimum absolute atomic E-state index is 0.00536. The molecule has 98 valence electrons. The number of nitro groups is 1. The van der Waals surface area contributed by atoms with Crippen molar-refractivity contribution in [3.8, 4) is 0 Å². The van der Waals surface area contributed by atoms with Gasteiger partial charge in [0.15, 0.2) is 0 Å². The largest absolute Gasteiger partial charge is 0.325 e. The molecule has 2 rings (SSSR count). The summed E-state index contributed by atoms with van der Waals surface area (Å²) < 4.78 is -0.629. The number of dihydropyridines is 1. The lowest BCUT2D eigenvalue weighted by Crippen LogP contribution is -2.43. The Balaban J connectivity index is 2.24. The van der Waals surface area contributed by atoms with Crippen LogP contribution in [-0.4, -0.2) is 27.5 Å². The first-order valence-corrected chi connectivity index (χ1v) is 6.51. The fourth-order valence-corrected chi connectivity index (χ4v) is 2.10. The van der Waals surface area contributed by atoms with Crippen LogP contribution in [0.2, 0.25) is 0 Å². The number of rotatable bonds is 3. The average molecular weight is 316 g/mol. The Morgan fingerprint density at radius 2 is 2.28 bits per heavy atom. The summed E-state index contributed by atoms with van der Waals surface area (Å²) in [4.78, 5) is 26.4. The van der Waals surface area contributed by atoms with E-state index in [-0.39, 0.29) is 17.5 Å². The minimum atomic E-state index is -0.876. The Hall–Kier alpha value is -1.24. The zero-order valence-electron chi connectivity index (χ0n) is 10.1. The topological polar surface area (TPSA) is 84.6 Å². The number of hydrogen-bond acceptors (Lipinski definition) is 4. The maximum atomic E-state index is 11.7. The molecule has 0 aromatic rings. The molecule has 1 heterocycles. The van der Waals surface area contributed by atoms with Crippen LogP contribution in [0.25, 0.3) is 0 Å². The van der Waals surface area contributed by atoms with Gasteiger partial charge >= 0.3 is 0 Å². The molecule has 1 amide bonds. The van der Waals surface area contributed by atoms with Crippen molar-refractivity contribution in [1.82, 2.24) is 5.32 Å². The van der Waals surface area contributed by atoms with Crippen molar-refractivity contribution in [2.75, 3.05) is 0 Å². The molecule has 1 fully saturated rings. The summed E-state index contributed by atoms with van der Waals surface area (Å²) in [5.74, 6) is -0.145. The van der Waals surface area contributed by atoms with Crippen molar-refractivity contribution >= 4 is 28.1 Å². The van der Waals surface area contributed by atoms with Gasteiger partial charge in [-0.25, -0.2) is 0 Å². The molecule has 1 N–H and O–H groups in total. The van der Waals surface area contributed by atoms with Gasteiger partial charge in [-0.1, -0.05) is 15.9 Å². The van der Waals surface area contributed by atoms with Gasteiger partial charge in [0.2, 0.25) is 12.1 Å². The second-order valence-electron chi connectivity index (χ2n) is 4.81. The van der Waals surface area contributed by atoms with Crippen LogP contribution in [-0.2, 0) is 4.79 Å². The van der Waals surface area contributed by atoms with Crippen LogP contribution in [0.4, 0.5) is 0 Å². The van der Waals surface area contributed by atoms with Crippen molar-refractivity contribution in [2.24, 2.45) is 10.9 Å². The highest BCUT2D eigenvalue weighted by Crippen LogP contribution is 2.34. The third kappa shape index (κ3) is 2.45. The Morgan fingerprint density at radius 3 is 2.78 bits per heavy atom. The number of hydrogen-bond donors (Lipinski definition) is 1. The van der Waals surface area contributed by atoms with Crippen molar-refractivity contribution in [3.63, 3.8) is 0 Å². The molecule has 18 heavy (non-hydrogen) atoms. The fraction of sp³-hybridized carbons (Fsp3) is 0.636. The monoisotopic (exact) mass is 315 g/mol. The SMILES string of the molecule is CC1=C([N+](=O)[O-])C(NC(=O)C2CC2)N=CC1(C)Br. The van der Waals surface area contributed by atoms with E-state index in [1.807, 2.05) is 0 Å². The molecule has 1 saturated carbocycles. The molecule has 6 nitrogen and oxygen atoms in total. The maximum absolute atomic E-state index is 11.7. The van der Waals surface area contributed by atoms with E-state index in [0.717, 1.165) is 12.8 Å². The van der Waals surface area contributed by atoms with Gasteiger partial charge < -0.3 is 5.32 Å². The molecule has 0 bridgehead atoms. The third-order valence-corrected chi connectivity index (χ3v) is 4.07. The summed E-state index contributed by atoms with van der Waals surface area (Å²) >= 11 is 3.38. The fourth-order valence-electron chi connectivity index (χ4n) is 1.78. The highest BCUT2D eigenvalue weighted by Gasteiger charge is 2.40. The quantitative estimate of drug-likeness (QED) is 0.488. The van der Waals surface area contributed by atoms with Gasteiger partial charge in [-0.3, -0.25) is 19.9 Å². The maximum Gasteiger partial charge on any atom is 0.291 e. The number of aliphatic imine (C=N–C) groups is 1. The Bertz CT molecular complexity index is 466. The first-order valence-electron chi connectivity index (χ1n) is 5.72. The van der Waals surface area contributed by atoms with Crippen LogP contribution in [0.5, 0.6) is 0 Å². The van der Waals surface area contributed by atoms with Gasteiger partial charge in [-0.05, 0) is 26.7 Å². The van der Waals surface area contributed by atoms with E-state index in [1.54, 1.807) is 20.1 Å².